The molecule has 4 amide bonds. The average Bonchev–Trinajstić information content (AvgIpc) is 3.32. The lowest BCUT2D eigenvalue weighted by molar-refractivity contribution is 0.202. The van der Waals surface area contributed by atoms with Gasteiger partial charge in [-0.15, -0.1) is 0 Å². The molecule has 2 aromatic carbocycles. The molecule has 1 atom stereocenters. The number of fused-ring (bicyclic) bond motifs is 1. The van der Waals surface area contributed by atoms with Crippen molar-refractivity contribution in [2.24, 2.45) is 0 Å². The first-order valence-corrected chi connectivity index (χ1v) is 11.7. The molecule has 9 heteroatoms. The number of benzene rings is 2. The van der Waals surface area contributed by atoms with Gasteiger partial charge in [-0.05, 0) is 49.7 Å². The number of anilines is 2. The lowest BCUT2D eigenvalue weighted by Gasteiger charge is -2.25. The number of rotatable bonds is 7. The molecular formula is C26H32N6O3. The van der Waals surface area contributed by atoms with E-state index >= 15 is 0 Å². The van der Waals surface area contributed by atoms with Gasteiger partial charge in [0.25, 0.3) is 0 Å². The molecule has 3 aromatic rings. The first kappa shape index (κ1) is 24.3. The molecule has 0 saturated carbocycles. The van der Waals surface area contributed by atoms with Crippen molar-refractivity contribution in [2.75, 3.05) is 51.0 Å². The number of amides is 4. The van der Waals surface area contributed by atoms with Crippen LogP contribution in [-0.2, 0) is 0 Å². The van der Waals surface area contributed by atoms with Gasteiger partial charge >= 0.3 is 12.1 Å². The summed E-state index contributed by atoms with van der Waals surface area (Å²) >= 11 is 0. The van der Waals surface area contributed by atoms with Crippen molar-refractivity contribution in [3.05, 3.63) is 60.3 Å². The Morgan fingerprint density at radius 3 is 2.69 bits per heavy atom. The number of hydrogen-bond acceptors (Lipinski definition) is 5. The number of likely N-dealkylation sites (N-methyl/N-ethyl adjacent to an activating group) is 1. The molecule has 0 bridgehead atoms. The van der Waals surface area contributed by atoms with Crippen LogP contribution in [0.25, 0.3) is 10.9 Å². The molecule has 0 aliphatic carbocycles. The Balaban J connectivity index is 1.21. The molecule has 1 aliphatic rings. The van der Waals surface area contributed by atoms with Gasteiger partial charge < -0.3 is 25.6 Å². The second-order valence-electron chi connectivity index (χ2n) is 8.72. The van der Waals surface area contributed by atoms with Gasteiger partial charge in [-0.25, -0.2) is 9.59 Å². The standard InChI is InChI=1S/C26H32N6O3/c1-18-16-24(22-6-4-5-7-23(22)28-18)30-25(33)27-13-15-32-14-12-20(17-32)31(2)26(34)29-19-8-10-21(35-3)11-9-19/h4-11,16,20H,12-15,17H2,1-3H3,(H,29,34)(H2,27,28,30,33). The fourth-order valence-corrected chi connectivity index (χ4v) is 4.29. The number of nitrogens with zero attached hydrogens (tertiary/aromatic N) is 3. The summed E-state index contributed by atoms with van der Waals surface area (Å²) in [5.41, 5.74) is 3.18. The Bertz CT molecular complexity index is 1180. The van der Waals surface area contributed by atoms with Gasteiger partial charge in [-0.3, -0.25) is 9.88 Å². The van der Waals surface area contributed by atoms with Gasteiger partial charge in [0.05, 0.1) is 18.3 Å². The van der Waals surface area contributed by atoms with Crippen LogP contribution in [0.4, 0.5) is 21.0 Å². The Morgan fingerprint density at radius 2 is 1.91 bits per heavy atom. The van der Waals surface area contributed by atoms with Crippen LogP contribution in [0.5, 0.6) is 5.75 Å². The molecule has 9 nitrogen and oxygen atoms in total. The normalized spacial score (nSPS) is 15.6. The summed E-state index contributed by atoms with van der Waals surface area (Å²) in [5.74, 6) is 0.745. The van der Waals surface area contributed by atoms with Crippen LogP contribution in [0, 0.1) is 6.92 Å². The fourth-order valence-electron chi connectivity index (χ4n) is 4.29. The largest absolute Gasteiger partial charge is 0.497 e. The fraction of sp³-hybridized carbons (Fsp3) is 0.346. The molecule has 1 aliphatic heterocycles. The number of aromatic nitrogens is 1. The summed E-state index contributed by atoms with van der Waals surface area (Å²) in [4.78, 5) is 33.7. The Hall–Kier alpha value is -3.85. The predicted molar refractivity (Wildman–Crippen MR) is 138 cm³/mol. The minimum Gasteiger partial charge on any atom is -0.497 e. The molecule has 2 heterocycles. The number of methoxy groups -OCH3 is 1. The lowest BCUT2D eigenvalue weighted by atomic mass is 10.1. The van der Waals surface area contributed by atoms with Crippen LogP contribution in [0.2, 0.25) is 0 Å². The van der Waals surface area contributed by atoms with E-state index in [1.165, 1.54) is 0 Å². The van der Waals surface area contributed by atoms with Gasteiger partial charge in [0, 0.05) is 56.0 Å². The van der Waals surface area contributed by atoms with Crippen LogP contribution in [0.15, 0.2) is 54.6 Å². The Morgan fingerprint density at radius 1 is 1.14 bits per heavy atom. The van der Waals surface area contributed by atoms with E-state index in [1.54, 1.807) is 12.0 Å². The van der Waals surface area contributed by atoms with Crippen molar-refractivity contribution in [1.29, 1.82) is 0 Å². The predicted octanol–water partition coefficient (Wildman–Crippen LogP) is 3.91. The smallest absolute Gasteiger partial charge is 0.321 e. The molecule has 3 N–H and O–H groups in total. The molecule has 35 heavy (non-hydrogen) atoms. The van der Waals surface area contributed by atoms with Crippen molar-refractivity contribution in [1.82, 2.24) is 20.1 Å². The van der Waals surface area contributed by atoms with Crippen LogP contribution < -0.4 is 20.7 Å². The summed E-state index contributed by atoms with van der Waals surface area (Å²) in [6, 6.07) is 16.6. The van der Waals surface area contributed by atoms with Gasteiger partial charge in [0.15, 0.2) is 0 Å². The van der Waals surface area contributed by atoms with Gasteiger partial charge in [-0.1, -0.05) is 18.2 Å². The maximum Gasteiger partial charge on any atom is 0.321 e. The molecular weight excluding hydrogens is 444 g/mol. The number of hydrogen-bond donors (Lipinski definition) is 3. The molecule has 1 saturated heterocycles. The first-order chi connectivity index (χ1) is 16.9. The van der Waals surface area contributed by atoms with Crippen LogP contribution >= 0.6 is 0 Å². The maximum atomic E-state index is 12.6. The average molecular weight is 477 g/mol. The molecule has 1 aromatic heterocycles. The summed E-state index contributed by atoms with van der Waals surface area (Å²) < 4.78 is 5.15. The van der Waals surface area contributed by atoms with E-state index in [0.717, 1.165) is 53.2 Å². The second-order valence-corrected chi connectivity index (χ2v) is 8.72. The summed E-state index contributed by atoms with van der Waals surface area (Å²) in [6.07, 6.45) is 0.890. The number of ether oxygens (including phenoxy) is 1. The highest BCUT2D eigenvalue weighted by atomic mass is 16.5. The second kappa shape index (κ2) is 11.1. The summed E-state index contributed by atoms with van der Waals surface area (Å²) in [7, 11) is 3.43. The van der Waals surface area contributed by atoms with E-state index in [1.807, 2.05) is 68.6 Å². The molecule has 4 rings (SSSR count). The number of carbonyl (C=O) groups excluding carboxylic acids is 2. The van der Waals surface area contributed by atoms with Crippen molar-refractivity contribution in [3.63, 3.8) is 0 Å². The van der Waals surface area contributed by atoms with Crippen LogP contribution in [0.3, 0.4) is 0 Å². The van der Waals surface area contributed by atoms with Gasteiger partial charge in [-0.2, -0.15) is 0 Å². The van der Waals surface area contributed by atoms with Crippen LogP contribution in [-0.4, -0.2) is 73.2 Å². The number of carbonyl (C=O) groups is 2. The van der Waals surface area contributed by atoms with Gasteiger partial charge in [0.2, 0.25) is 0 Å². The lowest BCUT2D eigenvalue weighted by Crippen LogP contribution is -2.42. The third kappa shape index (κ3) is 6.19. The minimum atomic E-state index is -0.243. The van der Waals surface area contributed by atoms with Crippen LogP contribution in [0.1, 0.15) is 12.1 Å². The zero-order valence-electron chi connectivity index (χ0n) is 20.4. The highest BCUT2D eigenvalue weighted by Crippen LogP contribution is 2.23. The first-order valence-electron chi connectivity index (χ1n) is 11.7. The highest BCUT2D eigenvalue weighted by Gasteiger charge is 2.28. The van der Waals surface area contributed by atoms with E-state index in [-0.39, 0.29) is 18.1 Å². The number of aryl methyl sites for hydroxylation is 1. The third-order valence-electron chi connectivity index (χ3n) is 6.26. The summed E-state index contributed by atoms with van der Waals surface area (Å²) in [5, 5.41) is 9.72. The van der Waals surface area contributed by atoms with Gasteiger partial charge in [0.1, 0.15) is 5.75 Å². The Kier molecular flexibility index (Phi) is 7.67. The van der Waals surface area contributed by atoms with Crippen molar-refractivity contribution in [3.8, 4) is 5.75 Å². The van der Waals surface area contributed by atoms with E-state index < -0.39 is 0 Å². The topological polar surface area (TPSA) is 98.8 Å². The molecule has 0 radical (unpaired) electrons. The van der Waals surface area contributed by atoms with Crippen molar-refractivity contribution in [2.45, 2.75) is 19.4 Å². The number of urea groups is 2. The SMILES string of the molecule is COc1ccc(NC(=O)N(C)C2CCN(CCNC(=O)Nc3cc(C)nc4ccccc34)C2)cc1. The maximum absolute atomic E-state index is 12.6. The zero-order valence-corrected chi connectivity index (χ0v) is 20.4. The zero-order chi connectivity index (χ0) is 24.8. The Labute approximate surface area is 205 Å². The van der Waals surface area contributed by atoms with E-state index in [4.69, 9.17) is 4.74 Å². The number of para-hydroxylation sites is 1. The quantitative estimate of drug-likeness (QED) is 0.480. The molecule has 0 spiro atoms. The van der Waals surface area contributed by atoms with E-state index in [0.29, 0.717) is 13.1 Å². The number of nitrogens with one attached hydrogen (secondary N) is 3. The highest BCUT2D eigenvalue weighted by molar-refractivity contribution is 6.00. The number of pyridine rings is 1. The van der Waals surface area contributed by atoms with Crippen molar-refractivity contribution < 1.29 is 14.3 Å². The van der Waals surface area contributed by atoms with E-state index in [2.05, 4.69) is 25.8 Å². The van der Waals surface area contributed by atoms with E-state index in [9.17, 15) is 9.59 Å². The summed E-state index contributed by atoms with van der Waals surface area (Å²) in [6.45, 7) is 4.79. The van der Waals surface area contributed by atoms with Crippen molar-refractivity contribution >= 4 is 34.3 Å². The molecule has 1 fully saturated rings. The third-order valence-corrected chi connectivity index (χ3v) is 6.26. The number of likely N-dealkylation sites (tertiary alicyclic amines) is 1. The minimum absolute atomic E-state index is 0.119. The molecule has 184 valence electrons. The molecule has 1 unspecified atom stereocenters. The monoisotopic (exact) mass is 476 g/mol.